The molecule has 18 heavy (non-hydrogen) atoms. The first-order valence-corrected chi connectivity index (χ1v) is 6.03. The predicted octanol–water partition coefficient (Wildman–Crippen LogP) is 0.623. The van der Waals surface area contributed by atoms with Crippen LogP contribution in [-0.4, -0.2) is 24.9 Å². The Morgan fingerprint density at radius 2 is 2.22 bits per heavy atom. The summed E-state index contributed by atoms with van der Waals surface area (Å²) in [5.41, 5.74) is 1.82. The van der Waals surface area contributed by atoms with Gasteiger partial charge in [0.2, 0.25) is 11.8 Å². The highest BCUT2D eigenvalue weighted by Gasteiger charge is 2.27. The van der Waals surface area contributed by atoms with Gasteiger partial charge in [-0.25, -0.2) is 0 Å². The summed E-state index contributed by atoms with van der Waals surface area (Å²) in [7, 11) is 1.86. The molecule has 96 valence electrons. The zero-order valence-corrected chi connectivity index (χ0v) is 10.3. The first-order chi connectivity index (χ1) is 8.70. The first-order valence-electron chi connectivity index (χ1n) is 6.03. The van der Waals surface area contributed by atoms with Gasteiger partial charge in [-0.05, 0) is 25.1 Å². The molecule has 0 radical (unpaired) electrons. The van der Waals surface area contributed by atoms with Crippen molar-refractivity contribution in [3.8, 4) is 0 Å². The Hall–Kier alpha value is -1.88. The highest BCUT2D eigenvalue weighted by Crippen LogP contribution is 2.16. The van der Waals surface area contributed by atoms with Gasteiger partial charge in [0.05, 0.1) is 0 Å². The Bertz CT molecular complexity index is 459. The van der Waals surface area contributed by atoms with Gasteiger partial charge < -0.3 is 16.0 Å². The summed E-state index contributed by atoms with van der Waals surface area (Å²) >= 11 is 0. The lowest BCUT2D eigenvalue weighted by molar-refractivity contribution is -0.122. The van der Waals surface area contributed by atoms with Gasteiger partial charge in [-0.1, -0.05) is 18.2 Å². The largest absolute Gasteiger partial charge is 0.344 e. The number of amides is 2. The molecule has 5 heteroatoms. The molecule has 0 aliphatic carbocycles. The van der Waals surface area contributed by atoms with Crippen LogP contribution < -0.4 is 16.0 Å². The monoisotopic (exact) mass is 247 g/mol. The molecule has 1 atom stereocenters. The number of benzene rings is 1. The average molecular weight is 247 g/mol. The molecule has 1 heterocycles. The highest BCUT2D eigenvalue weighted by molar-refractivity contribution is 5.99. The summed E-state index contributed by atoms with van der Waals surface area (Å²) in [5, 5.41) is 8.58. The molecule has 1 fully saturated rings. The van der Waals surface area contributed by atoms with Gasteiger partial charge in [0.25, 0.3) is 0 Å². The Labute approximate surface area is 106 Å². The third-order valence-electron chi connectivity index (χ3n) is 2.95. The van der Waals surface area contributed by atoms with E-state index in [2.05, 4.69) is 16.0 Å². The van der Waals surface area contributed by atoms with Gasteiger partial charge in [0.1, 0.15) is 6.04 Å². The van der Waals surface area contributed by atoms with E-state index < -0.39 is 6.04 Å². The average Bonchev–Trinajstić information content (AvgIpc) is 2.79. The van der Waals surface area contributed by atoms with Gasteiger partial charge in [0.15, 0.2) is 0 Å². The van der Waals surface area contributed by atoms with E-state index in [0.29, 0.717) is 19.4 Å². The zero-order chi connectivity index (χ0) is 13.0. The fourth-order valence-electron chi connectivity index (χ4n) is 2.02. The van der Waals surface area contributed by atoms with Crippen molar-refractivity contribution in [3.05, 3.63) is 29.8 Å². The van der Waals surface area contributed by atoms with Crippen LogP contribution in [0.25, 0.3) is 0 Å². The Morgan fingerprint density at radius 3 is 2.89 bits per heavy atom. The van der Waals surface area contributed by atoms with E-state index in [4.69, 9.17) is 0 Å². The molecule has 1 saturated heterocycles. The Kier molecular flexibility index (Phi) is 3.94. The second-order valence-corrected chi connectivity index (χ2v) is 4.34. The van der Waals surface area contributed by atoms with E-state index in [1.165, 1.54) is 0 Å². The van der Waals surface area contributed by atoms with Crippen molar-refractivity contribution in [1.29, 1.82) is 0 Å². The van der Waals surface area contributed by atoms with Gasteiger partial charge >= 0.3 is 0 Å². The van der Waals surface area contributed by atoms with Crippen LogP contribution in [0, 0.1) is 0 Å². The zero-order valence-electron chi connectivity index (χ0n) is 10.3. The second kappa shape index (κ2) is 5.64. The topological polar surface area (TPSA) is 70.2 Å². The number of rotatable bonds is 4. The second-order valence-electron chi connectivity index (χ2n) is 4.34. The molecule has 3 N–H and O–H groups in total. The Balaban J connectivity index is 2.04. The maximum atomic E-state index is 12.0. The molecule has 2 rings (SSSR count). The highest BCUT2D eigenvalue weighted by atomic mass is 16.2. The summed E-state index contributed by atoms with van der Waals surface area (Å²) in [6.07, 6.45) is 0.995. The van der Waals surface area contributed by atoms with Crippen LogP contribution in [0.15, 0.2) is 24.3 Å². The molecule has 0 bridgehead atoms. The smallest absolute Gasteiger partial charge is 0.246 e. The predicted molar refractivity (Wildman–Crippen MR) is 69.0 cm³/mol. The summed E-state index contributed by atoms with van der Waals surface area (Å²) in [6, 6.07) is 7.22. The molecule has 1 unspecified atom stereocenters. The molecule has 0 saturated carbocycles. The molecule has 1 aromatic carbocycles. The standard InChI is InChI=1S/C13H17N3O2/c1-14-8-9-4-2-3-5-10(9)16-13(18)11-6-7-12(17)15-11/h2-5,11,14H,6-8H2,1H3,(H,15,17)(H,16,18). The molecular weight excluding hydrogens is 230 g/mol. The van der Waals surface area contributed by atoms with Crippen LogP contribution in [-0.2, 0) is 16.1 Å². The van der Waals surface area contributed by atoms with Gasteiger partial charge in [-0.15, -0.1) is 0 Å². The lowest BCUT2D eigenvalue weighted by Crippen LogP contribution is -2.37. The van der Waals surface area contributed by atoms with Crippen molar-refractivity contribution in [2.45, 2.75) is 25.4 Å². The van der Waals surface area contributed by atoms with Crippen LogP contribution in [0.2, 0.25) is 0 Å². The number of carbonyl (C=O) groups is 2. The van der Waals surface area contributed by atoms with Crippen molar-refractivity contribution in [3.63, 3.8) is 0 Å². The van der Waals surface area contributed by atoms with Crippen LogP contribution in [0.1, 0.15) is 18.4 Å². The van der Waals surface area contributed by atoms with Crippen LogP contribution in [0.5, 0.6) is 0 Å². The molecule has 0 aromatic heterocycles. The number of para-hydroxylation sites is 1. The van der Waals surface area contributed by atoms with Crippen molar-refractivity contribution in [2.24, 2.45) is 0 Å². The van der Waals surface area contributed by atoms with Gasteiger partial charge in [0, 0.05) is 18.7 Å². The number of carbonyl (C=O) groups excluding carboxylic acids is 2. The van der Waals surface area contributed by atoms with Gasteiger partial charge in [-0.2, -0.15) is 0 Å². The summed E-state index contributed by atoms with van der Waals surface area (Å²) in [5.74, 6) is -0.205. The van der Waals surface area contributed by atoms with Crippen LogP contribution in [0.4, 0.5) is 5.69 Å². The fraction of sp³-hybridized carbons (Fsp3) is 0.385. The third kappa shape index (κ3) is 2.87. The lowest BCUT2D eigenvalue weighted by Gasteiger charge is -2.14. The lowest BCUT2D eigenvalue weighted by atomic mass is 10.1. The van der Waals surface area contributed by atoms with E-state index in [0.717, 1.165) is 11.3 Å². The van der Waals surface area contributed by atoms with E-state index in [9.17, 15) is 9.59 Å². The quantitative estimate of drug-likeness (QED) is 0.730. The summed E-state index contributed by atoms with van der Waals surface area (Å²) < 4.78 is 0. The van der Waals surface area contributed by atoms with E-state index in [-0.39, 0.29) is 11.8 Å². The van der Waals surface area contributed by atoms with E-state index in [1.54, 1.807) is 0 Å². The molecule has 1 aromatic rings. The van der Waals surface area contributed by atoms with Crippen LogP contribution >= 0.6 is 0 Å². The van der Waals surface area contributed by atoms with Crippen molar-refractivity contribution in [1.82, 2.24) is 10.6 Å². The van der Waals surface area contributed by atoms with Crippen molar-refractivity contribution >= 4 is 17.5 Å². The fourth-order valence-corrected chi connectivity index (χ4v) is 2.02. The minimum atomic E-state index is -0.403. The number of hydrogen-bond donors (Lipinski definition) is 3. The molecule has 1 aliphatic rings. The molecular formula is C13H17N3O2. The third-order valence-corrected chi connectivity index (χ3v) is 2.95. The summed E-state index contributed by atoms with van der Waals surface area (Å²) in [4.78, 5) is 23.0. The maximum Gasteiger partial charge on any atom is 0.246 e. The number of nitrogens with one attached hydrogen (secondary N) is 3. The Morgan fingerprint density at radius 1 is 1.44 bits per heavy atom. The normalized spacial score (nSPS) is 18.5. The first kappa shape index (κ1) is 12.6. The molecule has 2 amide bonds. The SMILES string of the molecule is CNCc1ccccc1NC(=O)C1CCC(=O)N1. The number of anilines is 1. The maximum absolute atomic E-state index is 12.0. The van der Waals surface area contributed by atoms with Crippen molar-refractivity contribution < 1.29 is 9.59 Å². The minimum absolute atomic E-state index is 0.0568. The number of hydrogen-bond acceptors (Lipinski definition) is 3. The van der Waals surface area contributed by atoms with Crippen LogP contribution in [0.3, 0.4) is 0 Å². The molecule has 1 aliphatic heterocycles. The van der Waals surface area contributed by atoms with E-state index in [1.807, 2.05) is 31.3 Å². The minimum Gasteiger partial charge on any atom is -0.344 e. The molecule has 5 nitrogen and oxygen atoms in total. The van der Waals surface area contributed by atoms with E-state index >= 15 is 0 Å². The van der Waals surface area contributed by atoms with Gasteiger partial charge in [-0.3, -0.25) is 9.59 Å². The van der Waals surface area contributed by atoms with Crippen molar-refractivity contribution in [2.75, 3.05) is 12.4 Å². The molecule has 0 spiro atoms. The summed E-state index contributed by atoms with van der Waals surface area (Å²) in [6.45, 7) is 0.688.